The maximum Gasteiger partial charge on any atom is 0.239 e. The Morgan fingerprint density at radius 1 is 1.29 bits per heavy atom. The largest absolute Gasteiger partial charge is 0.322 e. The van der Waals surface area contributed by atoms with Crippen LogP contribution in [0, 0.1) is 0 Å². The van der Waals surface area contributed by atoms with Crippen LogP contribution in [0.4, 0.5) is 5.13 Å². The third kappa shape index (κ3) is 3.94. The van der Waals surface area contributed by atoms with Gasteiger partial charge >= 0.3 is 0 Å². The molecule has 3 N–H and O–H groups in total. The second kappa shape index (κ2) is 6.93. The summed E-state index contributed by atoms with van der Waals surface area (Å²) in [5.74, 6) is -0.165. The van der Waals surface area contributed by atoms with Crippen molar-refractivity contribution in [1.82, 2.24) is 4.98 Å². The highest BCUT2D eigenvalue weighted by molar-refractivity contribution is 7.15. The molecule has 96 valence electrons. The molecule has 0 fully saturated rings. The van der Waals surface area contributed by atoms with Crippen molar-refractivity contribution < 1.29 is 4.79 Å². The van der Waals surface area contributed by atoms with Gasteiger partial charge in [0.15, 0.2) is 5.13 Å². The van der Waals surface area contributed by atoms with Crippen LogP contribution in [-0.4, -0.2) is 17.4 Å². The van der Waals surface area contributed by atoms with Gasteiger partial charge in [0.2, 0.25) is 5.91 Å². The van der Waals surface area contributed by atoms with Gasteiger partial charge in [0.25, 0.3) is 0 Å². The minimum absolute atomic E-state index is 0. The minimum Gasteiger partial charge on any atom is -0.322 e. The number of fused-ring (bicyclic) bond motifs is 1. The third-order valence-electron chi connectivity index (χ3n) is 2.78. The summed E-state index contributed by atoms with van der Waals surface area (Å²) >= 11 is 1.60. The standard InChI is InChI=1S/C11H17N3OS.ClH/c12-7-10(15)14-11-13-8-5-3-1-2-4-6-9(8)16-11;/h1-7,12H2,(H,13,14,15);1H. The van der Waals surface area contributed by atoms with Gasteiger partial charge in [-0.2, -0.15) is 0 Å². The van der Waals surface area contributed by atoms with E-state index in [1.165, 1.54) is 36.3 Å². The van der Waals surface area contributed by atoms with Crippen LogP contribution in [0.15, 0.2) is 0 Å². The number of aromatic nitrogens is 1. The van der Waals surface area contributed by atoms with E-state index in [0.717, 1.165) is 12.8 Å². The molecule has 0 aromatic carbocycles. The summed E-state index contributed by atoms with van der Waals surface area (Å²) in [6, 6.07) is 0. The molecule has 6 heteroatoms. The number of carbonyl (C=O) groups excluding carboxylic acids is 1. The van der Waals surface area contributed by atoms with Crippen molar-refractivity contribution in [2.24, 2.45) is 5.73 Å². The molecule has 0 unspecified atom stereocenters. The number of rotatable bonds is 2. The van der Waals surface area contributed by atoms with Crippen LogP contribution in [0.1, 0.15) is 36.3 Å². The number of carbonyl (C=O) groups is 1. The number of halogens is 1. The molecule has 0 bridgehead atoms. The molecule has 0 saturated heterocycles. The maximum atomic E-state index is 11.2. The highest BCUT2D eigenvalue weighted by Crippen LogP contribution is 2.28. The van der Waals surface area contributed by atoms with Gasteiger partial charge < -0.3 is 11.1 Å². The zero-order valence-corrected chi connectivity index (χ0v) is 11.3. The number of anilines is 1. The first kappa shape index (κ1) is 14.4. The van der Waals surface area contributed by atoms with E-state index >= 15 is 0 Å². The fraction of sp³-hybridized carbons (Fsp3) is 0.636. The van der Waals surface area contributed by atoms with Crippen LogP contribution < -0.4 is 11.1 Å². The summed E-state index contributed by atoms with van der Waals surface area (Å²) in [6.07, 6.45) is 7.19. The number of hydrogen-bond donors (Lipinski definition) is 2. The Bertz CT molecular complexity index is 355. The lowest BCUT2D eigenvalue weighted by molar-refractivity contribution is -0.114. The summed E-state index contributed by atoms with van der Waals surface area (Å²) in [6.45, 7) is 0.0181. The molecule has 0 radical (unpaired) electrons. The predicted octanol–water partition coefficient (Wildman–Crippen LogP) is 2.12. The average Bonchev–Trinajstić information content (AvgIpc) is 2.60. The lowest BCUT2D eigenvalue weighted by Crippen LogP contribution is -2.21. The summed E-state index contributed by atoms with van der Waals surface area (Å²) in [5.41, 5.74) is 6.43. The lowest BCUT2D eigenvalue weighted by atomic mass is 10.0. The Kier molecular flexibility index (Phi) is 5.88. The van der Waals surface area contributed by atoms with Crippen LogP contribution in [0.5, 0.6) is 0 Å². The van der Waals surface area contributed by atoms with Crippen LogP contribution in [0.3, 0.4) is 0 Å². The van der Waals surface area contributed by atoms with Crippen LogP contribution in [0.2, 0.25) is 0 Å². The van der Waals surface area contributed by atoms with Crippen molar-refractivity contribution in [2.45, 2.75) is 38.5 Å². The second-order valence-corrected chi connectivity index (χ2v) is 5.14. The van der Waals surface area contributed by atoms with Gasteiger partial charge in [-0.15, -0.1) is 23.7 Å². The Balaban J connectivity index is 0.00000144. The van der Waals surface area contributed by atoms with Crippen LogP contribution >= 0.6 is 23.7 Å². The van der Waals surface area contributed by atoms with Crippen molar-refractivity contribution in [3.63, 3.8) is 0 Å². The first-order valence-electron chi connectivity index (χ1n) is 5.78. The molecule has 0 saturated carbocycles. The molecule has 0 atom stereocenters. The van der Waals surface area contributed by atoms with Gasteiger partial charge in [-0.1, -0.05) is 12.8 Å². The number of nitrogens with two attached hydrogens (primary N) is 1. The topological polar surface area (TPSA) is 68.0 Å². The average molecular weight is 276 g/mol. The van der Waals surface area contributed by atoms with E-state index in [0.29, 0.717) is 5.13 Å². The van der Waals surface area contributed by atoms with Gasteiger partial charge in [-0.25, -0.2) is 4.98 Å². The smallest absolute Gasteiger partial charge is 0.239 e. The fourth-order valence-corrected chi connectivity index (χ4v) is 3.00. The summed E-state index contributed by atoms with van der Waals surface area (Å²) in [7, 11) is 0. The first-order valence-corrected chi connectivity index (χ1v) is 6.59. The number of hydrogen-bond acceptors (Lipinski definition) is 4. The van der Waals surface area contributed by atoms with E-state index in [1.54, 1.807) is 11.3 Å². The normalized spacial score (nSPS) is 15.1. The molecular weight excluding hydrogens is 258 g/mol. The number of amides is 1. The Hall–Kier alpha value is -0.650. The van der Waals surface area contributed by atoms with Crippen molar-refractivity contribution >= 4 is 34.8 Å². The lowest BCUT2D eigenvalue weighted by Gasteiger charge is -2.06. The molecular formula is C11H18ClN3OS. The zero-order chi connectivity index (χ0) is 11.4. The van der Waals surface area contributed by atoms with Gasteiger partial charge in [-0.05, 0) is 25.7 Å². The Morgan fingerprint density at radius 3 is 2.71 bits per heavy atom. The number of thiazole rings is 1. The van der Waals surface area contributed by atoms with Gasteiger partial charge in [0, 0.05) is 4.88 Å². The highest BCUT2D eigenvalue weighted by Gasteiger charge is 2.14. The molecule has 1 aromatic heterocycles. The quantitative estimate of drug-likeness (QED) is 0.869. The van der Waals surface area contributed by atoms with Gasteiger partial charge in [0.05, 0.1) is 12.2 Å². The Morgan fingerprint density at radius 2 is 2.00 bits per heavy atom. The highest BCUT2D eigenvalue weighted by atomic mass is 35.5. The van der Waals surface area contributed by atoms with E-state index in [9.17, 15) is 4.79 Å². The molecule has 0 spiro atoms. The van der Waals surface area contributed by atoms with Crippen LogP contribution in [0.25, 0.3) is 0 Å². The molecule has 1 aromatic rings. The number of nitrogens with zero attached hydrogens (tertiary/aromatic N) is 1. The molecule has 2 rings (SSSR count). The molecule has 0 aliphatic heterocycles. The third-order valence-corrected chi connectivity index (χ3v) is 3.85. The molecule has 1 aliphatic carbocycles. The van der Waals surface area contributed by atoms with E-state index < -0.39 is 0 Å². The molecule has 1 aliphatic rings. The number of nitrogens with one attached hydrogen (secondary N) is 1. The SMILES string of the molecule is Cl.NCC(=O)Nc1nc2c(s1)CCCCCC2. The zero-order valence-electron chi connectivity index (χ0n) is 9.70. The first-order chi connectivity index (χ1) is 7.79. The van der Waals surface area contributed by atoms with Crippen LogP contribution in [-0.2, 0) is 17.6 Å². The van der Waals surface area contributed by atoms with Crippen molar-refractivity contribution in [3.05, 3.63) is 10.6 Å². The summed E-state index contributed by atoms with van der Waals surface area (Å²) in [4.78, 5) is 17.0. The monoisotopic (exact) mass is 275 g/mol. The molecule has 1 amide bonds. The van der Waals surface area contributed by atoms with Crippen molar-refractivity contribution in [3.8, 4) is 0 Å². The fourth-order valence-electron chi connectivity index (χ4n) is 1.93. The molecule has 1 heterocycles. The molecule has 4 nitrogen and oxygen atoms in total. The van der Waals surface area contributed by atoms with E-state index in [1.807, 2.05) is 0 Å². The maximum absolute atomic E-state index is 11.2. The van der Waals surface area contributed by atoms with Crippen molar-refractivity contribution in [1.29, 1.82) is 0 Å². The summed E-state index contributed by atoms with van der Waals surface area (Å²) < 4.78 is 0. The van der Waals surface area contributed by atoms with Gasteiger partial charge in [0.1, 0.15) is 0 Å². The van der Waals surface area contributed by atoms with Gasteiger partial charge in [-0.3, -0.25) is 4.79 Å². The van der Waals surface area contributed by atoms with E-state index in [-0.39, 0.29) is 24.9 Å². The van der Waals surface area contributed by atoms with E-state index in [2.05, 4.69) is 10.3 Å². The summed E-state index contributed by atoms with van der Waals surface area (Å²) in [5, 5.41) is 3.44. The predicted molar refractivity (Wildman–Crippen MR) is 72.9 cm³/mol. The molecule has 17 heavy (non-hydrogen) atoms. The number of aryl methyl sites for hydroxylation is 2. The second-order valence-electron chi connectivity index (χ2n) is 4.06. The van der Waals surface area contributed by atoms with Crippen molar-refractivity contribution in [2.75, 3.05) is 11.9 Å². The minimum atomic E-state index is -0.165. The van der Waals surface area contributed by atoms with E-state index in [4.69, 9.17) is 5.73 Å². The Labute approximate surface area is 111 Å².